The highest BCUT2D eigenvalue weighted by Gasteiger charge is 2.22. The molecule has 0 bridgehead atoms. The minimum atomic E-state index is -0.533. The molecule has 1 aromatic carbocycles. The largest absolute Gasteiger partial charge is 0.356 e. The van der Waals surface area contributed by atoms with Crippen LogP contribution in [-0.4, -0.2) is 45.1 Å². The van der Waals surface area contributed by atoms with Gasteiger partial charge in [0.1, 0.15) is 11.6 Å². The monoisotopic (exact) mass is 440 g/mol. The molecule has 23 heavy (non-hydrogen) atoms. The minimum Gasteiger partial charge on any atom is -0.356 e. The third-order valence-electron chi connectivity index (χ3n) is 3.47. The van der Waals surface area contributed by atoms with Gasteiger partial charge in [-0.1, -0.05) is 19.4 Å². The summed E-state index contributed by atoms with van der Waals surface area (Å²) < 4.78 is 28.0. The molecule has 0 radical (unpaired) electrons. The van der Waals surface area contributed by atoms with Crippen LogP contribution in [0.4, 0.5) is 8.78 Å². The molecule has 0 fully saturated rings. The highest BCUT2D eigenvalue weighted by Crippen LogP contribution is 2.23. The zero-order chi connectivity index (χ0) is 16.5. The van der Waals surface area contributed by atoms with Crippen molar-refractivity contribution in [2.45, 2.75) is 25.8 Å². The van der Waals surface area contributed by atoms with Gasteiger partial charge >= 0.3 is 0 Å². The Bertz CT molecular complexity index is 475. The number of guanidine groups is 1. The van der Waals surface area contributed by atoms with Crippen LogP contribution in [0, 0.1) is 11.6 Å². The number of halogens is 3. The Balaban J connectivity index is 0.00000484. The van der Waals surface area contributed by atoms with Gasteiger partial charge in [-0.3, -0.25) is 4.99 Å². The Hall–Kier alpha value is -0.960. The van der Waals surface area contributed by atoms with Gasteiger partial charge in [0, 0.05) is 25.7 Å². The van der Waals surface area contributed by atoms with Gasteiger partial charge in [-0.2, -0.15) is 0 Å². The van der Waals surface area contributed by atoms with Gasteiger partial charge in [-0.15, -0.1) is 24.0 Å². The minimum absolute atomic E-state index is 0. The molecule has 0 aliphatic rings. The summed E-state index contributed by atoms with van der Waals surface area (Å²) in [4.78, 5) is 5.90. The van der Waals surface area contributed by atoms with E-state index in [-0.39, 0.29) is 29.5 Å². The van der Waals surface area contributed by atoms with E-state index in [4.69, 9.17) is 0 Å². The number of likely N-dealkylation sites (N-methyl/N-ethyl adjacent to an activating group) is 1. The van der Waals surface area contributed by atoms with Crippen LogP contribution >= 0.6 is 24.0 Å². The van der Waals surface area contributed by atoms with Crippen LogP contribution in [0.25, 0.3) is 0 Å². The van der Waals surface area contributed by atoms with Gasteiger partial charge in [0.05, 0.1) is 6.04 Å². The molecule has 7 heteroatoms. The van der Waals surface area contributed by atoms with Crippen LogP contribution in [0.2, 0.25) is 0 Å². The summed E-state index contributed by atoms with van der Waals surface area (Å²) in [5, 5.41) is 6.30. The third kappa shape index (κ3) is 6.99. The van der Waals surface area contributed by atoms with Crippen LogP contribution in [0.3, 0.4) is 0 Å². The van der Waals surface area contributed by atoms with E-state index in [2.05, 4.69) is 22.5 Å². The van der Waals surface area contributed by atoms with E-state index in [1.807, 2.05) is 0 Å². The van der Waals surface area contributed by atoms with E-state index in [0.29, 0.717) is 12.5 Å². The van der Waals surface area contributed by atoms with Gasteiger partial charge in [-0.05, 0) is 32.6 Å². The van der Waals surface area contributed by atoms with Crippen LogP contribution in [0.1, 0.15) is 31.4 Å². The SMILES string of the molecule is CCCCNC(=NC)NCC(c1c(F)cccc1F)N(C)C.I. The number of nitrogens with one attached hydrogen (secondary N) is 2. The van der Waals surface area contributed by atoms with Crippen molar-refractivity contribution in [1.82, 2.24) is 15.5 Å². The molecule has 0 amide bonds. The molecule has 1 unspecified atom stereocenters. The van der Waals surface area contributed by atoms with Gasteiger partial charge in [0.2, 0.25) is 0 Å². The number of hydrogen-bond donors (Lipinski definition) is 2. The molecule has 0 aromatic heterocycles. The molecular formula is C16H27F2IN4. The molecule has 0 saturated heterocycles. The predicted molar refractivity (Wildman–Crippen MR) is 102 cm³/mol. The highest BCUT2D eigenvalue weighted by molar-refractivity contribution is 14.0. The third-order valence-corrected chi connectivity index (χ3v) is 3.47. The maximum Gasteiger partial charge on any atom is 0.191 e. The standard InChI is InChI=1S/C16H26F2N4.HI/c1-5-6-10-20-16(19-2)21-11-14(22(3)4)15-12(17)8-7-9-13(15)18;/h7-9,14H,5-6,10-11H2,1-4H3,(H2,19,20,21);1H. The number of hydrogen-bond acceptors (Lipinski definition) is 2. The van der Waals surface area contributed by atoms with Crippen molar-refractivity contribution in [3.05, 3.63) is 35.4 Å². The topological polar surface area (TPSA) is 39.7 Å². The van der Waals surface area contributed by atoms with Crippen molar-refractivity contribution in [2.75, 3.05) is 34.2 Å². The summed E-state index contributed by atoms with van der Waals surface area (Å²) in [6.07, 6.45) is 2.13. The first-order chi connectivity index (χ1) is 10.5. The quantitative estimate of drug-likeness (QED) is 0.296. The van der Waals surface area contributed by atoms with Crippen LogP contribution in [0.15, 0.2) is 23.2 Å². The molecule has 1 rings (SSSR count). The summed E-state index contributed by atoms with van der Waals surface area (Å²) in [6.45, 7) is 3.29. The zero-order valence-electron chi connectivity index (χ0n) is 14.2. The van der Waals surface area contributed by atoms with Crippen molar-refractivity contribution < 1.29 is 8.78 Å². The molecule has 0 heterocycles. The van der Waals surface area contributed by atoms with Crippen molar-refractivity contribution in [2.24, 2.45) is 4.99 Å². The van der Waals surface area contributed by atoms with E-state index in [0.717, 1.165) is 19.4 Å². The summed E-state index contributed by atoms with van der Waals surface area (Å²) in [7, 11) is 5.27. The average molecular weight is 440 g/mol. The number of nitrogens with zero attached hydrogens (tertiary/aromatic N) is 2. The summed E-state index contributed by atoms with van der Waals surface area (Å²) >= 11 is 0. The second kappa shape index (κ2) is 11.6. The molecule has 0 aliphatic carbocycles. The lowest BCUT2D eigenvalue weighted by molar-refractivity contribution is 0.282. The first-order valence-electron chi connectivity index (χ1n) is 7.56. The fourth-order valence-corrected chi connectivity index (χ4v) is 2.17. The van der Waals surface area contributed by atoms with Crippen LogP contribution < -0.4 is 10.6 Å². The van der Waals surface area contributed by atoms with E-state index >= 15 is 0 Å². The molecule has 132 valence electrons. The van der Waals surface area contributed by atoms with E-state index in [1.54, 1.807) is 26.0 Å². The Labute approximate surface area is 154 Å². The van der Waals surface area contributed by atoms with Gasteiger partial charge < -0.3 is 15.5 Å². The fourth-order valence-electron chi connectivity index (χ4n) is 2.17. The molecule has 0 saturated carbocycles. The number of aliphatic imine (C=N–C) groups is 1. The normalized spacial score (nSPS) is 12.7. The number of benzene rings is 1. The van der Waals surface area contributed by atoms with Gasteiger partial charge in [0.25, 0.3) is 0 Å². The molecule has 4 nitrogen and oxygen atoms in total. The van der Waals surface area contributed by atoms with Gasteiger partial charge in [0.15, 0.2) is 5.96 Å². The zero-order valence-corrected chi connectivity index (χ0v) is 16.5. The Morgan fingerprint density at radius 1 is 1.22 bits per heavy atom. The maximum absolute atomic E-state index is 14.0. The molecule has 0 aliphatic heterocycles. The molecule has 1 aromatic rings. The first-order valence-corrected chi connectivity index (χ1v) is 7.56. The predicted octanol–water partition coefficient (Wildman–Crippen LogP) is 3.15. The van der Waals surface area contributed by atoms with Crippen LogP contribution in [-0.2, 0) is 0 Å². The molecule has 1 atom stereocenters. The lowest BCUT2D eigenvalue weighted by Crippen LogP contribution is -2.42. The summed E-state index contributed by atoms with van der Waals surface area (Å²) in [5.74, 6) is -0.430. The van der Waals surface area contributed by atoms with Crippen molar-refractivity contribution in [1.29, 1.82) is 0 Å². The number of unbranched alkanes of at least 4 members (excludes halogenated alkanes) is 1. The fraction of sp³-hybridized carbons (Fsp3) is 0.562. The summed E-state index contributed by atoms with van der Waals surface area (Å²) in [5.41, 5.74) is 0.0732. The molecule has 2 N–H and O–H groups in total. The molecule has 0 spiro atoms. The van der Waals surface area contributed by atoms with Crippen molar-refractivity contribution in [3.63, 3.8) is 0 Å². The Morgan fingerprint density at radius 2 is 1.83 bits per heavy atom. The smallest absolute Gasteiger partial charge is 0.191 e. The lowest BCUT2D eigenvalue weighted by atomic mass is 10.0. The maximum atomic E-state index is 14.0. The Morgan fingerprint density at radius 3 is 2.30 bits per heavy atom. The molecular weight excluding hydrogens is 413 g/mol. The van der Waals surface area contributed by atoms with E-state index < -0.39 is 17.7 Å². The van der Waals surface area contributed by atoms with Crippen molar-refractivity contribution in [3.8, 4) is 0 Å². The van der Waals surface area contributed by atoms with Gasteiger partial charge in [-0.25, -0.2) is 8.78 Å². The van der Waals surface area contributed by atoms with E-state index in [9.17, 15) is 8.78 Å². The number of rotatable bonds is 7. The second-order valence-electron chi connectivity index (χ2n) is 5.35. The highest BCUT2D eigenvalue weighted by atomic mass is 127. The van der Waals surface area contributed by atoms with E-state index in [1.165, 1.54) is 18.2 Å². The van der Waals surface area contributed by atoms with Crippen molar-refractivity contribution >= 4 is 29.9 Å². The Kier molecular flexibility index (Phi) is 11.1. The van der Waals surface area contributed by atoms with Crippen LogP contribution in [0.5, 0.6) is 0 Å². The first kappa shape index (κ1) is 22.0. The summed E-state index contributed by atoms with van der Waals surface area (Å²) in [6, 6.07) is 3.51. The second-order valence-corrected chi connectivity index (χ2v) is 5.35. The average Bonchev–Trinajstić information content (AvgIpc) is 2.47. The lowest BCUT2D eigenvalue weighted by Gasteiger charge is -2.26.